The van der Waals surface area contributed by atoms with Gasteiger partial charge in [0, 0.05) is 12.6 Å². The molecule has 2 atom stereocenters. The highest BCUT2D eigenvalue weighted by Crippen LogP contribution is 2.30. The summed E-state index contributed by atoms with van der Waals surface area (Å²) in [6, 6.07) is 10.2. The van der Waals surface area contributed by atoms with Crippen LogP contribution in [0.1, 0.15) is 37.3 Å². The van der Waals surface area contributed by atoms with Gasteiger partial charge in [0.2, 0.25) is 5.91 Å². The second-order valence-corrected chi connectivity index (χ2v) is 6.89. The van der Waals surface area contributed by atoms with Crippen LogP contribution in [0.25, 0.3) is 0 Å². The minimum Gasteiger partial charge on any atom is -0.394 e. The standard InChI is InChI=1S/C19H28N2O3/c1-20(16-9-5-6-10-16)13-18(23)21-11-12-24-17(14-22)19(21)15-7-3-2-4-8-15/h2-4,7-8,16-17,19,22H,5-6,9-14H2,1H3/t17-,19-/m1/s1. The van der Waals surface area contributed by atoms with Crippen LogP contribution in [0.2, 0.25) is 0 Å². The topological polar surface area (TPSA) is 53.0 Å². The van der Waals surface area contributed by atoms with Crippen molar-refractivity contribution in [2.75, 3.05) is 33.4 Å². The molecule has 5 heteroatoms. The number of carbonyl (C=O) groups excluding carboxylic acids is 1. The van der Waals surface area contributed by atoms with E-state index >= 15 is 0 Å². The number of aliphatic hydroxyl groups excluding tert-OH is 1. The van der Waals surface area contributed by atoms with E-state index in [-0.39, 0.29) is 24.7 Å². The van der Waals surface area contributed by atoms with Gasteiger partial charge in [-0.3, -0.25) is 9.69 Å². The van der Waals surface area contributed by atoms with E-state index in [1.165, 1.54) is 25.7 Å². The largest absolute Gasteiger partial charge is 0.394 e. The highest BCUT2D eigenvalue weighted by atomic mass is 16.5. The van der Waals surface area contributed by atoms with Gasteiger partial charge in [-0.2, -0.15) is 0 Å². The Labute approximate surface area is 144 Å². The maximum atomic E-state index is 13.0. The van der Waals surface area contributed by atoms with Gasteiger partial charge in [-0.15, -0.1) is 0 Å². The normalized spacial score (nSPS) is 25.4. The molecule has 2 fully saturated rings. The number of aliphatic hydroxyl groups is 1. The van der Waals surface area contributed by atoms with Crippen LogP contribution in [-0.4, -0.2) is 66.3 Å². The summed E-state index contributed by atoms with van der Waals surface area (Å²) in [5.74, 6) is 0.125. The molecule has 0 aromatic heterocycles. The van der Waals surface area contributed by atoms with Crippen molar-refractivity contribution in [3.8, 4) is 0 Å². The summed E-state index contributed by atoms with van der Waals surface area (Å²) in [4.78, 5) is 17.0. The van der Waals surface area contributed by atoms with E-state index in [2.05, 4.69) is 11.9 Å². The molecule has 1 heterocycles. The molecule has 1 N–H and O–H groups in total. The van der Waals surface area contributed by atoms with E-state index in [0.29, 0.717) is 25.7 Å². The predicted molar refractivity (Wildman–Crippen MR) is 92.6 cm³/mol. The molecule has 3 rings (SSSR count). The molecule has 24 heavy (non-hydrogen) atoms. The zero-order valence-electron chi connectivity index (χ0n) is 14.4. The monoisotopic (exact) mass is 332 g/mol. The highest BCUT2D eigenvalue weighted by Gasteiger charge is 2.36. The molecule has 0 spiro atoms. The van der Waals surface area contributed by atoms with Crippen molar-refractivity contribution in [2.24, 2.45) is 0 Å². The van der Waals surface area contributed by atoms with Gasteiger partial charge in [0.05, 0.1) is 25.8 Å². The van der Waals surface area contributed by atoms with Crippen LogP contribution in [0.3, 0.4) is 0 Å². The van der Waals surface area contributed by atoms with Gasteiger partial charge in [-0.25, -0.2) is 0 Å². The number of nitrogens with zero attached hydrogens (tertiary/aromatic N) is 2. The van der Waals surface area contributed by atoms with Crippen LogP contribution in [0.15, 0.2) is 30.3 Å². The molecule has 1 aliphatic heterocycles. The number of amides is 1. The molecule has 1 aliphatic carbocycles. The van der Waals surface area contributed by atoms with Crippen molar-refractivity contribution in [1.29, 1.82) is 0 Å². The maximum absolute atomic E-state index is 13.0. The molecular formula is C19H28N2O3. The van der Waals surface area contributed by atoms with Crippen molar-refractivity contribution >= 4 is 5.91 Å². The molecule has 1 aromatic rings. The molecule has 1 amide bonds. The first-order valence-corrected chi connectivity index (χ1v) is 8.98. The smallest absolute Gasteiger partial charge is 0.237 e. The van der Waals surface area contributed by atoms with Crippen molar-refractivity contribution in [2.45, 2.75) is 43.9 Å². The third-order valence-electron chi connectivity index (χ3n) is 5.33. The summed E-state index contributed by atoms with van der Waals surface area (Å²) in [6.45, 7) is 1.41. The second kappa shape index (κ2) is 8.10. The molecule has 2 aliphatic rings. The summed E-state index contributed by atoms with van der Waals surface area (Å²) in [6.07, 6.45) is 4.55. The van der Waals surface area contributed by atoms with Gasteiger partial charge < -0.3 is 14.7 Å². The van der Waals surface area contributed by atoms with Gasteiger partial charge in [0.15, 0.2) is 0 Å². The highest BCUT2D eigenvalue weighted by molar-refractivity contribution is 5.79. The lowest BCUT2D eigenvalue weighted by Crippen LogP contribution is -2.52. The Morgan fingerprint density at radius 3 is 2.67 bits per heavy atom. The first-order valence-electron chi connectivity index (χ1n) is 8.98. The van der Waals surface area contributed by atoms with Crippen molar-refractivity contribution in [3.05, 3.63) is 35.9 Å². The van der Waals surface area contributed by atoms with Crippen LogP contribution in [0.4, 0.5) is 0 Å². The lowest BCUT2D eigenvalue weighted by molar-refractivity contribution is -0.151. The SMILES string of the molecule is CN(CC(=O)N1CCO[C@H](CO)[C@H]1c1ccccc1)C1CCCC1. The van der Waals surface area contributed by atoms with Gasteiger partial charge in [0.25, 0.3) is 0 Å². The van der Waals surface area contributed by atoms with E-state index in [1.807, 2.05) is 35.2 Å². The average Bonchev–Trinajstić information content (AvgIpc) is 3.16. The minimum atomic E-state index is -0.359. The van der Waals surface area contributed by atoms with Crippen molar-refractivity contribution < 1.29 is 14.6 Å². The van der Waals surface area contributed by atoms with E-state index in [4.69, 9.17) is 4.74 Å². The number of hydrogen-bond donors (Lipinski definition) is 1. The first-order chi connectivity index (χ1) is 11.7. The Hall–Kier alpha value is -1.43. The van der Waals surface area contributed by atoms with E-state index in [9.17, 15) is 9.90 Å². The van der Waals surface area contributed by atoms with Gasteiger partial charge in [-0.1, -0.05) is 43.2 Å². The first kappa shape index (κ1) is 17.4. The zero-order chi connectivity index (χ0) is 16.9. The summed E-state index contributed by atoms with van der Waals surface area (Å²) in [5.41, 5.74) is 1.02. The number of rotatable bonds is 5. The fourth-order valence-corrected chi connectivity index (χ4v) is 3.99. The Bertz CT molecular complexity index is 531. The van der Waals surface area contributed by atoms with E-state index < -0.39 is 0 Å². The third-order valence-corrected chi connectivity index (χ3v) is 5.33. The summed E-state index contributed by atoms with van der Waals surface area (Å²) >= 11 is 0. The van der Waals surface area contributed by atoms with Gasteiger partial charge in [0.1, 0.15) is 6.10 Å². The Morgan fingerprint density at radius 1 is 1.29 bits per heavy atom. The Balaban J connectivity index is 1.74. The van der Waals surface area contributed by atoms with Crippen LogP contribution in [0.5, 0.6) is 0 Å². The van der Waals surface area contributed by atoms with Crippen LogP contribution >= 0.6 is 0 Å². The average molecular weight is 332 g/mol. The summed E-state index contributed by atoms with van der Waals surface area (Å²) < 4.78 is 5.72. The van der Waals surface area contributed by atoms with E-state index in [0.717, 1.165) is 5.56 Å². The number of ether oxygens (including phenoxy) is 1. The number of morpholine rings is 1. The molecule has 0 radical (unpaired) electrons. The zero-order valence-corrected chi connectivity index (χ0v) is 14.4. The second-order valence-electron chi connectivity index (χ2n) is 6.89. The van der Waals surface area contributed by atoms with Crippen LogP contribution in [-0.2, 0) is 9.53 Å². The fourth-order valence-electron chi connectivity index (χ4n) is 3.99. The number of benzene rings is 1. The summed E-state index contributed by atoms with van der Waals surface area (Å²) in [5, 5.41) is 9.70. The van der Waals surface area contributed by atoms with E-state index in [1.54, 1.807) is 0 Å². The number of likely N-dealkylation sites (N-methyl/N-ethyl adjacent to an activating group) is 1. The maximum Gasteiger partial charge on any atom is 0.237 e. The Morgan fingerprint density at radius 2 is 2.00 bits per heavy atom. The fraction of sp³-hybridized carbons (Fsp3) is 0.632. The van der Waals surface area contributed by atoms with Gasteiger partial charge >= 0.3 is 0 Å². The minimum absolute atomic E-state index is 0.0815. The number of hydrogen-bond acceptors (Lipinski definition) is 4. The van der Waals surface area contributed by atoms with Gasteiger partial charge in [-0.05, 0) is 25.5 Å². The molecular weight excluding hydrogens is 304 g/mol. The lowest BCUT2D eigenvalue weighted by Gasteiger charge is -2.41. The molecule has 132 valence electrons. The third kappa shape index (κ3) is 3.79. The van der Waals surface area contributed by atoms with Crippen molar-refractivity contribution in [1.82, 2.24) is 9.80 Å². The van der Waals surface area contributed by atoms with Crippen LogP contribution in [0, 0.1) is 0 Å². The molecule has 0 unspecified atom stereocenters. The molecule has 1 aromatic carbocycles. The molecule has 1 saturated heterocycles. The molecule has 1 saturated carbocycles. The number of carbonyl (C=O) groups is 1. The van der Waals surface area contributed by atoms with Crippen molar-refractivity contribution in [3.63, 3.8) is 0 Å². The molecule has 5 nitrogen and oxygen atoms in total. The predicted octanol–water partition coefficient (Wildman–Crippen LogP) is 1.82. The lowest BCUT2D eigenvalue weighted by atomic mass is 9.98. The molecule has 0 bridgehead atoms. The van der Waals surface area contributed by atoms with Crippen LogP contribution < -0.4 is 0 Å². The summed E-state index contributed by atoms with van der Waals surface area (Å²) in [7, 11) is 2.05. The Kier molecular flexibility index (Phi) is 5.87. The quantitative estimate of drug-likeness (QED) is 0.894.